The van der Waals surface area contributed by atoms with Crippen LogP contribution in [-0.4, -0.2) is 41.3 Å². The second-order valence-electron chi connectivity index (χ2n) is 7.38. The average Bonchev–Trinajstić information content (AvgIpc) is 2.74. The molecule has 1 N–H and O–H groups in total. The lowest BCUT2D eigenvalue weighted by molar-refractivity contribution is -0.137. The Labute approximate surface area is 191 Å². The van der Waals surface area contributed by atoms with Gasteiger partial charge in [0, 0.05) is 18.5 Å². The van der Waals surface area contributed by atoms with E-state index in [2.05, 4.69) is 5.32 Å². The van der Waals surface area contributed by atoms with Gasteiger partial charge in [0.2, 0.25) is 15.9 Å². The van der Waals surface area contributed by atoms with Gasteiger partial charge in [0.15, 0.2) is 0 Å². The van der Waals surface area contributed by atoms with Crippen LogP contribution in [0.5, 0.6) is 11.5 Å². The fourth-order valence-electron chi connectivity index (χ4n) is 3.28. The fraction of sp³-hybridized carbons (Fsp3) is 0.409. The summed E-state index contributed by atoms with van der Waals surface area (Å²) >= 11 is 0. The molecule has 7 nitrogen and oxygen atoms in total. The van der Waals surface area contributed by atoms with Gasteiger partial charge in [-0.1, -0.05) is 6.07 Å². The number of amides is 1. The minimum atomic E-state index is -4.60. The number of benzene rings is 2. The van der Waals surface area contributed by atoms with Gasteiger partial charge >= 0.3 is 6.18 Å². The summed E-state index contributed by atoms with van der Waals surface area (Å²) < 4.78 is 74.8. The van der Waals surface area contributed by atoms with Crippen LogP contribution in [-0.2, 0) is 21.0 Å². The van der Waals surface area contributed by atoms with Crippen molar-refractivity contribution in [3.63, 3.8) is 0 Å². The number of carbonyl (C=O) groups is 1. The Balaban J connectivity index is 2.06. The monoisotopic (exact) mass is 488 g/mol. The molecule has 2 aromatic carbocycles. The Morgan fingerprint density at radius 2 is 1.82 bits per heavy atom. The molecule has 0 spiro atoms. The molecule has 0 heterocycles. The van der Waals surface area contributed by atoms with Gasteiger partial charge in [-0.15, -0.1) is 0 Å². The summed E-state index contributed by atoms with van der Waals surface area (Å²) in [5.74, 6) is 0.818. The molecule has 0 saturated heterocycles. The number of anilines is 1. The molecule has 0 bridgehead atoms. The van der Waals surface area contributed by atoms with Crippen LogP contribution < -0.4 is 19.1 Å². The van der Waals surface area contributed by atoms with Crippen molar-refractivity contribution in [3.05, 3.63) is 53.6 Å². The highest BCUT2D eigenvalue weighted by Gasteiger charge is 2.31. The highest BCUT2D eigenvalue weighted by atomic mass is 32.2. The van der Waals surface area contributed by atoms with E-state index >= 15 is 0 Å². The Morgan fingerprint density at radius 1 is 1.12 bits per heavy atom. The number of hydrogen-bond donors (Lipinski definition) is 1. The molecular weight excluding hydrogens is 461 g/mol. The van der Waals surface area contributed by atoms with Crippen molar-refractivity contribution in [1.82, 2.24) is 5.32 Å². The first-order valence-electron chi connectivity index (χ1n) is 10.0. The average molecular weight is 489 g/mol. The van der Waals surface area contributed by atoms with E-state index in [0.29, 0.717) is 17.1 Å². The summed E-state index contributed by atoms with van der Waals surface area (Å²) in [6.07, 6.45) is -3.61. The SMILES string of the molecule is COc1ccc(OC)c(C(C)NC(=O)CCCN(c2cccc(C(F)(F)F)c2)S(C)(=O)=O)c1. The molecule has 1 atom stereocenters. The predicted octanol–water partition coefficient (Wildman–Crippen LogP) is 4.15. The van der Waals surface area contributed by atoms with Crippen molar-refractivity contribution in [2.24, 2.45) is 0 Å². The number of sulfonamides is 1. The second kappa shape index (κ2) is 10.8. The van der Waals surface area contributed by atoms with Crippen LogP contribution in [0.4, 0.5) is 18.9 Å². The molecule has 33 heavy (non-hydrogen) atoms. The number of carbonyl (C=O) groups excluding carboxylic acids is 1. The lowest BCUT2D eigenvalue weighted by Crippen LogP contribution is -2.32. The van der Waals surface area contributed by atoms with Crippen molar-refractivity contribution in [2.45, 2.75) is 32.0 Å². The number of alkyl halides is 3. The third kappa shape index (κ3) is 7.28. The maximum Gasteiger partial charge on any atom is 0.416 e. The van der Waals surface area contributed by atoms with Crippen LogP contribution in [0.25, 0.3) is 0 Å². The molecule has 0 aromatic heterocycles. The van der Waals surface area contributed by atoms with Crippen molar-refractivity contribution in [2.75, 3.05) is 31.3 Å². The van der Waals surface area contributed by atoms with Crippen LogP contribution >= 0.6 is 0 Å². The zero-order chi connectivity index (χ0) is 24.8. The molecule has 2 rings (SSSR count). The van der Waals surface area contributed by atoms with Gasteiger partial charge in [-0.25, -0.2) is 8.42 Å². The zero-order valence-corrected chi connectivity index (χ0v) is 19.6. The molecule has 1 unspecified atom stereocenters. The third-order valence-electron chi connectivity index (χ3n) is 4.91. The summed E-state index contributed by atoms with van der Waals surface area (Å²) in [6, 6.07) is 8.84. The van der Waals surface area contributed by atoms with E-state index in [1.54, 1.807) is 25.1 Å². The molecule has 1 amide bonds. The van der Waals surface area contributed by atoms with Gasteiger partial charge in [0.1, 0.15) is 11.5 Å². The van der Waals surface area contributed by atoms with Crippen LogP contribution in [0, 0.1) is 0 Å². The summed E-state index contributed by atoms with van der Waals surface area (Å²) in [5, 5.41) is 2.81. The molecule has 0 saturated carbocycles. The smallest absolute Gasteiger partial charge is 0.416 e. The van der Waals surface area contributed by atoms with E-state index in [1.807, 2.05) is 0 Å². The van der Waals surface area contributed by atoms with Crippen molar-refractivity contribution in [1.29, 1.82) is 0 Å². The second-order valence-corrected chi connectivity index (χ2v) is 9.29. The first-order valence-corrected chi connectivity index (χ1v) is 11.9. The highest BCUT2D eigenvalue weighted by Crippen LogP contribution is 2.32. The number of halogens is 3. The van der Waals surface area contributed by atoms with E-state index in [0.717, 1.165) is 28.8 Å². The highest BCUT2D eigenvalue weighted by molar-refractivity contribution is 7.92. The van der Waals surface area contributed by atoms with Gasteiger partial charge in [-0.3, -0.25) is 9.10 Å². The Bertz CT molecular complexity index is 1070. The molecule has 0 radical (unpaired) electrons. The minimum absolute atomic E-state index is 0.0262. The first kappa shape index (κ1) is 26.3. The topological polar surface area (TPSA) is 84.9 Å². The summed E-state index contributed by atoms with van der Waals surface area (Å²) in [6.45, 7) is 1.62. The Morgan fingerprint density at radius 3 is 2.39 bits per heavy atom. The van der Waals surface area contributed by atoms with E-state index < -0.39 is 27.8 Å². The number of ether oxygens (including phenoxy) is 2. The maximum absolute atomic E-state index is 13.0. The maximum atomic E-state index is 13.0. The molecule has 0 aliphatic heterocycles. The van der Waals surface area contributed by atoms with Gasteiger partial charge in [-0.2, -0.15) is 13.2 Å². The standard InChI is InChI=1S/C22H27F3N2O5S/c1-15(19-14-18(31-2)10-11-20(19)32-3)26-21(28)9-6-12-27(33(4,29)30)17-8-5-7-16(13-17)22(23,24)25/h5,7-8,10-11,13-15H,6,9,12H2,1-4H3,(H,26,28). The van der Waals surface area contributed by atoms with Gasteiger partial charge < -0.3 is 14.8 Å². The normalized spacial score (nSPS) is 12.7. The van der Waals surface area contributed by atoms with Crippen molar-refractivity contribution >= 4 is 21.6 Å². The molecule has 182 valence electrons. The van der Waals surface area contributed by atoms with E-state index in [-0.39, 0.29) is 31.0 Å². The quantitative estimate of drug-likeness (QED) is 0.543. The molecule has 2 aromatic rings. The van der Waals surface area contributed by atoms with Crippen LogP contribution in [0.15, 0.2) is 42.5 Å². The van der Waals surface area contributed by atoms with E-state index in [4.69, 9.17) is 9.47 Å². The summed E-state index contributed by atoms with van der Waals surface area (Å²) in [5.41, 5.74) is -0.360. The van der Waals surface area contributed by atoms with Crippen molar-refractivity contribution < 1.29 is 35.9 Å². The number of nitrogens with one attached hydrogen (secondary N) is 1. The van der Waals surface area contributed by atoms with Crippen LogP contribution in [0.1, 0.15) is 36.9 Å². The molecule has 11 heteroatoms. The zero-order valence-electron chi connectivity index (χ0n) is 18.8. The Kier molecular flexibility index (Phi) is 8.59. The number of hydrogen-bond acceptors (Lipinski definition) is 5. The molecule has 0 aliphatic carbocycles. The predicted molar refractivity (Wildman–Crippen MR) is 119 cm³/mol. The van der Waals surface area contributed by atoms with E-state index in [9.17, 15) is 26.4 Å². The number of rotatable bonds is 10. The lowest BCUT2D eigenvalue weighted by Gasteiger charge is -2.23. The summed E-state index contributed by atoms with van der Waals surface area (Å²) in [7, 11) is -0.829. The molecule has 0 aliphatic rings. The third-order valence-corrected chi connectivity index (χ3v) is 6.10. The Hall–Kier alpha value is -2.95. The summed E-state index contributed by atoms with van der Waals surface area (Å²) in [4.78, 5) is 12.4. The molecule has 0 fully saturated rings. The van der Waals surface area contributed by atoms with Gasteiger partial charge in [-0.05, 0) is 49.7 Å². The largest absolute Gasteiger partial charge is 0.497 e. The number of nitrogens with zero attached hydrogens (tertiary/aromatic N) is 1. The minimum Gasteiger partial charge on any atom is -0.497 e. The van der Waals surface area contributed by atoms with Gasteiger partial charge in [0.05, 0.1) is 37.8 Å². The van der Waals surface area contributed by atoms with Crippen LogP contribution in [0.2, 0.25) is 0 Å². The van der Waals surface area contributed by atoms with Crippen molar-refractivity contribution in [3.8, 4) is 11.5 Å². The van der Waals surface area contributed by atoms with E-state index in [1.165, 1.54) is 20.3 Å². The lowest BCUT2D eigenvalue weighted by atomic mass is 10.1. The fourth-order valence-corrected chi connectivity index (χ4v) is 4.23. The number of methoxy groups -OCH3 is 2. The van der Waals surface area contributed by atoms with Gasteiger partial charge in [0.25, 0.3) is 0 Å². The molecular formula is C22H27F3N2O5S. The first-order chi connectivity index (χ1) is 15.4. The van der Waals surface area contributed by atoms with Crippen LogP contribution in [0.3, 0.4) is 0 Å².